The van der Waals surface area contributed by atoms with Gasteiger partial charge in [0.1, 0.15) is 0 Å². The molecule has 0 radical (unpaired) electrons. The molecule has 4 nitrogen and oxygen atoms in total. The van der Waals surface area contributed by atoms with Crippen molar-refractivity contribution in [1.82, 2.24) is 0 Å². The Hall–Kier alpha value is 0.708. The van der Waals surface area contributed by atoms with Crippen LogP contribution in [0.4, 0.5) is 0 Å². The quantitative estimate of drug-likeness (QED) is 0.128. The van der Waals surface area contributed by atoms with Crippen LogP contribution < -0.4 is 0 Å². The predicted molar refractivity (Wildman–Crippen MR) is 180 cm³/mol. The SMILES string of the molecule is CCC(C)(C(C)O[Si](C)(CCC1CCC2OC2C1)[C@](C)(CC)O[Si](C)(C)C)[Si](C)(C)O[C@](C)(CC)[Si](C)(C)C. The van der Waals surface area contributed by atoms with E-state index in [1.165, 1.54) is 31.7 Å². The van der Waals surface area contributed by atoms with Crippen LogP contribution in [0.25, 0.3) is 0 Å². The van der Waals surface area contributed by atoms with Crippen LogP contribution in [0.2, 0.25) is 70.0 Å². The summed E-state index contributed by atoms with van der Waals surface area (Å²) in [6, 6.07) is 1.17. The van der Waals surface area contributed by atoms with Gasteiger partial charge in [0.15, 0.2) is 16.6 Å². The average molecular weight is 617 g/mol. The lowest BCUT2D eigenvalue weighted by atomic mass is 9.87. The Morgan fingerprint density at radius 3 is 1.77 bits per heavy atom. The van der Waals surface area contributed by atoms with Gasteiger partial charge < -0.3 is 18.0 Å². The van der Waals surface area contributed by atoms with E-state index < -0.39 is 33.0 Å². The molecule has 1 saturated carbocycles. The van der Waals surface area contributed by atoms with Gasteiger partial charge in [0.05, 0.1) is 25.5 Å². The first-order chi connectivity index (χ1) is 17.5. The van der Waals surface area contributed by atoms with Crippen LogP contribution in [0.1, 0.15) is 93.4 Å². The van der Waals surface area contributed by atoms with E-state index in [1.54, 1.807) is 0 Å². The van der Waals surface area contributed by atoms with Gasteiger partial charge in [-0.05, 0) is 111 Å². The Kier molecular flexibility index (Phi) is 11.4. The lowest BCUT2D eigenvalue weighted by molar-refractivity contribution is 0.0642. The standard InChI is InChI=1S/C31H68O4Si4/c1-17-29(5,38(14,15)35-30(6,18-2)36(8,9)10)25(4)33-39(16,31(7,19-3)34-37(11,12)13)23-22-26-20-21-27-28(24-26)32-27/h25-28H,17-24H2,1-16H3/t25?,26?,27?,28?,29?,30-,31+,39?/m0/s1. The third-order valence-electron chi connectivity index (χ3n) is 11.7. The molecule has 2 rings (SSSR count). The molecule has 39 heavy (non-hydrogen) atoms. The molecule has 0 aromatic carbocycles. The summed E-state index contributed by atoms with van der Waals surface area (Å²) in [6.07, 6.45) is 9.45. The smallest absolute Gasteiger partial charge is 0.219 e. The monoisotopic (exact) mass is 616 g/mol. The molecule has 0 N–H and O–H groups in total. The second kappa shape index (κ2) is 12.4. The van der Waals surface area contributed by atoms with Crippen molar-refractivity contribution in [3.05, 3.63) is 0 Å². The van der Waals surface area contributed by atoms with Crippen molar-refractivity contribution in [3.63, 3.8) is 0 Å². The minimum atomic E-state index is -2.33. The van der Waals surface area contributed by atoms with Crippen molar-refractivity contribution in [2.75, 3.05) is 0 Å². The number of hydrogen-bond acceptors (Lipinski definition) is 4. The number of hydrogen-bond donors (Lipinski definition) is 0. The molecular formula is C31H68O4Si4. The molecule has 6 unspecified atom stereocenters. The molecule has 0 aromatic heterocycles. The second-order valence-corrected chi connectivity index (χ2v) is 35.0. The first-order valence-corrected chi connectivity index (χ1v) is 28.7. The van der Waals surface area contributed by atoms with Crippen molar-refractivity contribution in [1.29, 1.82) is 0 Å². The average Bonchev–Trinajstić information content (AvgIpc) is 3.58. The highest BCUT2D eigenvalue weighted by molar-refractivity contribution is 6.81. The number of fused-ring (bicyclic) bond motifs is 1. The molecule has 1 aliphatic heterocycles. The largest absolute Gasteiger partial charge is 0.414 e. The second-order valence-electron chi connectivity index (χ2n) is 16.4. The Labute approximate surface area is 248 Å². The Morgan fingerprint density at radius 2 is 1.33 bits per heavy atom. The van der Waals surface area contributed by atoms with Crippen molar-refractivity contribution in [3.8, 4) is 0 Å². The normalized spacial score (nSPS) is 29.4. The molecule has 8 heteroatoms. The molecule has 2 fully saturated rings. The van der Waals surface area contributed by atoms with Crippen LogP contribution in [0.15, 0.2) is 0 Å². The van der Waals surface area contributed by atoms with Gasteiger partial charge in [0.25, 0.3) is 0 Å². The van der Waals surface area contributed by atoms with Gasteiger partial charge in [-0.1, -0.05) is 53.8 Å². The molecule has 8 atom stereocenters. The van der Waals surface area contributed by atoms with E-state index in [1.807, 2.05) is 0 Å². The third kappa shape index (κ3) is 8.01. The van der Waals surface area contributed by atoms with Crippen molar-refractivity contribution >= 4 is 33.0 Å². The zero-order valence-electron chi connectivity index (χ0n) is 29.1. The molecule has 0 spiro atoms. The van der Waals surface area contributed by atoms with Crippen molar-refractivity contribution in [2.45, 2.75) is 192 Å². The number of rotatable bonds is 16. The Balaban J connectivity index is 2.40. The molecule has 1 aliphatic carbocycles. The maximum Gasteiger partial charge on any atom is 0.219 e. The van der Waals surface area contributed by atoms with E-state index in [-0.39, 0.29) is 21.6 Å². The summed E-state index contributed by atoms with van der Waals surface area (Å²) in [4.78, 5) is 0. The molecule has 0 bridgehead atoms. The predicted octanol–water partition coefficient (Wildman–Crippen LogP) is 9.92. The van der Waals surface area contributed by atoms with Crippen molar-refractivity contribution in [2.24, 2.45) is 5.92 Å². The minimum absolute atomic E-state index is 0.00502. The molecule has 2 aliphatic rings. The maximum atomic E-state index is 7.62. The Morgan fingerprint density at radius 1 is 0.769 bits per heavy atom. The van der Waals surface area contributed by atoms with Crippen LogP contribution in [0.3, 0.4) is 0 Å². The van der Waals surface area contributed by atoms with Crippen LogP contribution in [-0.2, 0) is 18.0 Å². The first-order valence-electron chi connectivity index (χ1n) is 16.3. The Bertz CT molecular complexity index is 811. The minimum Gasteiger partial charge on any atom is -0.414 e. The summed E-state index contributed by atoms with van der Waals surface area (Å²) in [5.41, 5.74) is 0. The lowest BCUT2D eigenvalue weighted by Crippen LogP contribution is -2.65. The molecular weight excluding hydrogens is 549 g/mol. The van der Waals surface area contributed by atoms with Gasteiger partial charge in [-0.2, -0.15) is 0 Å². The fourth-order valence-corrected chi connectivity index (χ4v) is 20.5. The van der Waals surface area contributed by atoms with Gasteiger partial charge in [0, 0.05) is 16.4 Å². The van der Waals surface area contributed by atoms with E-state index in [0.717, 1.165) is 25.2 Å². The maximum absolute atomic E-state index is 7.62. The first kappa shape index (κ1) is 35.9. The van der Waals surface area contributed by atoms with E-state index >= 15 is 0 Å². The van der Waals surface area contributed by atoms with E-state index in [4.69, 9.17) is 18.0 Å². The number of epoxide rings is 1. The zero-order chi connectivity index (χ0) is 30.3. The molecule has 1 heterocycles. The molecule has 1 saturated heterocycles. The topological polar surface area (TPSA) is 40.2 Å². The summed E-state index contributed by atoms with van der Waals surface area (Å²) in [5, 5.41) is -0.219. The van der Waals surface area contributed by atoms with Crippen molar-refractivity contribution < 1.29 is 18.0 Å². The van der Waals surface area contributed by atoms with Gasteiger partial charge in [-0.3, -0.25) is 0 Å². The highest BCUT2D eigenvalue weighted by Crippen LogP contribution is 2.51. The van der Waals surface area contributed by atoms with E-state index in [2.05, 4.69) is 107 Å². The lowest BCUT2D eigenvalue weighted by Gasteiger charge is -2.55. The summed E-state index contributed by atoms with van der Waals surface area (Å²) < 4.78 is 28.0. The van der Waals surface area contributed by atoms with Crippen LogP contribution >= 0.6 is 0 Å². The van der Waals surface area contributed by atoms with Gasteiger partial charge >= 0.3 is 0 Å². The fraction of sp³-hybridized carbons (Fsp3) is 1.00. The molecule has 0 aromatic rings. The summed E-state index contributed by atoms with van der Waals surface area (Å²) in [7, 11) is -7.82. The number of ether oxygens (including phenoxy) is 1. The third-order valence-corrected chi connectivity index (χ3v) is 26.0. The molecule has 0 amide bonds. The van der Waals surface area contributed by atoms with Gasteiger partial charge in [0.2, 0.25) is 8.32 Å². The summed E-state index contributed by atoms with van der Waals surface area (Å²) in [5.74, 6) is 0.765. The fourth-order valence-electron chi connectivity index (χ4n) is 7.06. The van der Waals surface area contributed by atoms with Gasteiger partial charge in [-0.25, -0.2) is 0 Å². The van der Waals surface area contributed by atoms with Crippen LogP contribution in [0, 0.1) is 5.92 Å². The van der Waals surface area contributed by atoms with Gasteiger partial charge in [-0.15, -0.1) is 0 Å². The molecule has 232 valence electrons. The highest BCUT2D eigenvalue weighted by atomic mass is 28.4. The highest BCUT2D eigenvalue weighted by Gasteiger charge is 2.57. The van der Waals surface area contributed by atoms with Crippen LogP contribution in [0.5, 0.6) is 0 Å². The van der Waals surface area contributed by atoms with E-state index in [9.17, 15) is 0 Å². The zero-order valence-corrected chi connectivity index (χ0v) is 33.1. The van der Waals surface area contributed by atoms with Crippen LogP contribution in [-0.4, -0.2) is 61.8 Å². The summed E-state index contributed by atoms with van der Waals surface area (Å²) >= 11 is 0. The van der Waals surface area contributed by atoms with E-state index in [0.29, 0.717) is 12.2 Å². The summed E-state index contributed by atoms with van der Waals surface area (Å²) in [6.45, 7) is 38.5.